The second-order valence-electron chi connectivity index (χ2n) is 6.19. The molecule has 1 fully saturated rings. The van der Waals surface area contributed by atoms with E-state index in [4.69, 9.17) is 10.5 Å². The largest absolute Gasteiger partial charge is 0.444 e. The summed E-state index contributed by atoms with van der Waals surface area (Å²) < 4.78 is 5.44. The Morgan fingerprint density at radius 3 is 2.47 bits per heavy atom. The number of hydrogen-bond donors (Lipinski definition) is 1. The fraction of sp³-hybridized carbons (Fsp3) is 0.923. The zero-order chi connectivity index (χ0) is 13.2. The molecule has 0 aromatic heterocycles. The number of nitrogens with zero attached hydrogens (tertiary/aromatic N) is 1. The van der Waals surface area contributed by atoms with Crippen LogP contribution in [-0.2, 0) is 4.74 Å². The topological polar surface area (TPSA) is 55.6 Å². The molecule has 4 heteroatoms. The lowest BCUT2D eigenvalue weighted by atomic mass is 9.91. The van der Waals surface area contributed by atoms with Gasteiger partial charge in [0.15, 0.2) is 0 Å². The summed E-state index contributed by atoms with van der Waals surface area (Å²) in [4.78, 5) is 14.0. The van der Waals surface area contributed by atoms with Crippen LogP contribution in [0, 0.1) is 11.8 Å². The molecule has 1 aliphatic rings. The number of carbonyl (C=O) groups excluding carboxylic acids is 1. The van der Waals surface area contributed by atoms with Crippen molar-refractivity contribution >= 4 is 6.09 Å². The predicted octanol–water partition coefficient (Wildman–Crippen LogP) is 2.23. The van der Waals surface area contributed by atoms with E-state index in [1.165, 1.54) is 0 Å². The van der Waals surface area contributed by atoms with Crippen molar-refractivity contribution in [2.24, 2.45) is 17.6 Å². The summed E-state index contributed by atoms with van der Waals surface area (Å²) >= 11 is 0. The van der Waals surface area contributed by atoms with Crippen molar-refractivity contribution in [3.05, 3.63) is 0 Å². The fourth-order valence-corrected chi connectivity index (χ4v) is 2.57. The molecule has 1 rings (SSSR count). The third kappa shape index (κ3) is 3.60. The van der Waals surface area contributed by atoms with E-state index in [1.807, 2.05) is 25.7 Å². The van der Waals surface area contributed by atoms with Gasteiger partial charge in [0.25, 0.3) is 0 Å². The van der Waals surface area contributed by atoms with E-state index in [9.17, 15) is 4.79 Å². The Hall–Kier alpha value is -0.770. The Morgan fingerprint density at radius 1 is 1.47 bits per heavy atom. The highest BCUT2D eigenvalue weighted by molar-refractivity contribution is 5.69. The standard InChI is InChI=1S/C13H26N2O2/c1-9(2)11-10(8-14)6-7-15(11)12(16)17-13(3,4)5/h9-11H,6-8,14H2,1-5H3/t10-,11-/m1/s1. The van der Waals surface area contributed by atoms with Crippen molar-refractivity contribution in [1.29, 1.82) is 0 Å². The number of hydrogen-bond acceptors (Lipinski definition) is 3. The van der Waals surface area contributed by atoms with Gasteiger partial charge in [0, 0.05) is 12.6 Å². The van der Waals surface area contributed by atoms with E-state index in [1.54, 1.807) is 0 Å². The summed E-state index contributed by atoms with van der Waals surface area (Å²) in [5, 5.41) is 0. The van der Waals surface area contributed by atoms with E-state index in [-0.39, 0.29) is 12.1 Å². The van der Waals surface area contributed by atoms with E-state index in [2.05, 4.69) is 13.8 Å². The molecule has 0 aromatic rings. The molecule has 17 heavy (non-hydrogen) atoms. The van der Waals surface area contributed by atoms with Crippen LogP contribution in [0.25, 0.3) is 0 Å². The van der Waals surface area contributed by atoms with Crippen LogP contribution in [0.3, 0.4) is 0 Å². The minimum absolute atomic E-state index is 0.202. The lowest BCUT2D eigenvalue weighted by Crippen LogP contribution is -2.45. The first-order valence-electron chi connectivity index (χ1n) is 6.46. The molecule has 2 atom stereocenters. The Labute approximate surface area is 104 Å². The number of amides is 1. The molecule has 1 amide bonds. The third-order valence-corrected chi connectivity index (χ3v) is 3.20. The minimum Gasteiger partial charge on any atom is -0.444 e. The van der Waals surface area contributed by atoms with Crippen molar-refractivity contribution in [2.75, 3.05) is 13.1 Å². The average molecular weight is 242 g/mol. The second-order valence-corrected chi connectivity index (χ2v) is 6.19. The molecule has 2 N–H and O–H groups in total. The van der Waals surface area contributed by atoms with E-state index >= 15 is 0 Å². The maximum Gasteiger partial charge on any atom is 0.410 e. The van der Waals surface area contributed by atoms with Gasteiger partial charge >= 0.3 is 6.09 Å². The Kier molecular flexibility index (Phi) is 4.42. The number of ether oxygens (including phenoxy) is 1. The molecule has 0 saturated carbocycles. The van der Waals surface area contributed by atoms with E-state index < -0.39 is 5.60 Å². The highest BCUT2D eigenvalue weighted by atomic mass is 16.6. The zero-order valence-corrected chi connectivity index (χ0v) is 11.7. The number of nitrogens with two attached hydrogens (primary N) is 1. The molecule has 0 aliphatic carbocycles. The summed E-state index contributed by atoms with van der Waals surface area (Å²) in [5.74, 6) is 0.820. The molecule has 1 heterocycles. The van der Waals surface area contributed by atoms with Crippen LogP contribution in [0.15, 0.2) is 0 Å². The molecule has 0 aromatic carbocycles. The average Bonchev–Trinajstić information content (AvgIpc) is 2.57. The Bertz CT molecular complexity index is 271. The first-order chi connectivity index (χ1) is 7.76. The van der Waals surface area contributed by atoms with E-state index in [0.717, 1.165) is 13.0 Å². The number of likely N-dealkylation sites (tertiary alicyclic amines) is 1. The van der Waals surface area contributed by atoms with Crippen molar-refractivity contribution in [1.82, 2.24) is 4.90 Å². The summed E-state index contributed by atoms with van der Waals surface area (Å²) in [7, 11) is 0. The molecule has 0 bridgehead atoms. The lowest BCUT2D eigenvalue weighted by Gasteiger charge is -2.32. The first kappa shape index (κ1) is 14.3. The van der Waals surface area contributed by atoms with Crippen LogP contribution in [0.1, 0.15) is 41.0 Å². The van der Waals surface area contributed by atoms with Gasteiger partial charge in [-0.1, -0.05) is 13.8 Å². The van der Waals surface area contributed by atoms with Gasteiger partial charge in [0.05, 0.1) is 0 Å². The van der Waals surface area contributed by atoms with Crippen molar-refractivity contribution < 1.29 is 9.53 Å². The number of carbonyl (C=O) groups is 1. The first-order valence-corrected chi connectivity index (χ1v) is 6.46. The predicted molar refractivity (Wildman–Crippen MR) is 68.7 cm³/mol. The van der Waals surface area contributed by atoms with Crippen LogP contribution >= 0.6 is 0 Å². The SMILES string of the molecule is CC(C)[C@@H]1[C@@H](CN)CCN1C(=O)OC(C)(C)C. The van der Waals surface area contributed by atoms with Gasteiger partial charge in [-0.2, -0.15) is 0 Å². The van der Waals surface area contributed by atoms with Crippen molar-refractivity contribution in [2.45, 2.75) is 52.7 Å². The lowest BCUT2D eigenvalue weighted by molar-refractivity contribution is 0.0165. The molecule has 100 valence electrons. The summed E-state index contributed by atoms with van der Waals surface area (Å²) in [6.45, 7) is 11.4. The van der Waals surface area contributed by atoms with Gasteiger partial charge < -0.3 is 15.4 Å². The van der Waals surface area contributed by atoms with Gasteiger partial charge in [-0.15, -0.1) is 0 Å². The molecule has 0 unspecified atom stereocenters. The van der Waals surface area contributed by atoms with Gasteiger partial charge in [-0.25, -0.2) is 4.79 Å². The monoisotopic (exact) mass is 242 g/mol. The number of rotatable bonds is 2. The minimum atomic E-state index is -0.431. The van der Waals surface area contributed by atoms with Gasteiger partial charge in [-0.3, -0.25) is 0 Å². The summed E-state index contributed by atoms with van der Waals surface area (Å²) in [5.41, 5.74) is 5.34. The van der Waals surface area contributed by atoms with Gasteiger partial charge in [-0.05, 0) is 45.6 Å². The highest BCUT2D eigenvalue weighted by Gasteiger charge is 2.39. The molecule has 0 radical (unpaired) electrons. The highest BCUT2D eigenvalue weighted by Crippen LogP contribution is 2.30. The van der Waals surface area contributed by atoms with Crippen LogP contribution in [-0.4, -0.2) is 35.7 Å². The molecule has 0 spiro atoms. The zero-order valence-electron chi connectivity index (χ0n) is 11.7. The van der Waals surface area contributed by atoms with Crippen LogP contribution < -0.4 is 5.73 Å². The molecule has 1 aliphatic heterocycles. The second kappa shape index (κ2) is 5.25. The Morgan fingerprint density at radius 2 is 2.06 bits per heavy atom. The molecular formula is C13H26N2O2. The maximum absolute atomic E-state index is 12.1. The normalized spacial score (nSPS) is 25.5. The van der Waals surface area contributed by atoms with Crippen molar-refractivity contribution in [3.8, 4) is 0 Å². The van der Waals surface area contributed by atoms with Crippen LogP contribution in [0.4, 0.5) is 4.79 Å². The van der Waals surface area contributed by atoms with Gasteiger partial charge in [0.1, 0.15) is 5.60 Å². The van der Waals surface area contributed by atoms with E-state index in [0.29, 0.717) is 18.4 Å². The van der Waals surface area contributed by atoms with Crippen molar-refractivity contribution in [3.63, 3.8) is 0 Å². The molecule has 1 saturated heterocycles. The molecule has 4 nitrogen and oxygen atoms in total. The maximum atomic E-state index is 12.1. The Balaban J connectivity index is 2.73. The quantitative estimate of drug-likeness (QED) is 0.808. The smallest absolute Gasteiger partial charge is 0.410 e. The molecular weight excluding hydrogens is 216 g/mol. The van der Waals surface area contributed by atoms with Gasteiger partial charge in [0.2, 0.25) is 0 Å². The van der Waals surface area contributed by atoms with Crippen LogP contribution in [0.2, 0.25) is 0 Å². The third-order valence-electron chi connectivity index (χ3n) is 3.20. The fourth-order valence-electron chi connectivity index (χ4n) is 2.57. The summed E-state index contributed by atoms with van der Waals surface area (Å²) in [6, 6.07) is 0.217. The summed E-state index contributed by atoms with van der Waals surface area (Å²) in [6.07, 6.45) is 0.783. The van der Waals surface area contributed by atoms with Crippen LogP contribution in [0.5, 0.6) is 0 Å².